The van der Waals surface area contributed by atoms with E-state index in [2.05, 4.69) is 29.0 Å². The van der Waals surface area contributed by atoms with Crippen molar-refractivity contribution in [3.05, 3.63) is 63.7 Å². The summed E-state index contributed by atoms with van der Waals surface area (Å²) in [7, 11) is 1.80. The molecule has 0 fully saturated rings. The molecule has 3 aromatic rings. The normalized spacial score (nSPS) is 11.0. The lowest BCUT2D eigenvalue weighted by Crippen LogP contribution is -2.26. The summed E-state index contributed by atoms with van der Waals surface area (Å²) in [6, 6.07) is 11.3. The fourth-order valence-corrected chi connectivity index (χ4v) is 3.36. The molecule has 3 rings (SSSR count). The van der Waals surface area contributed by atoms with E-state index in [9.17, 15) is 4.79 Å². The van der Waals surface area contributed by atoms with Crippen LogP contribution in [0.2, 0.25) is 0 Å². The van der Waals surface area contributed by atoms with E-state index in [1.807, 2.05) is 48.7 Å². The quantitative estimate of drug-likeness (QED) is 0.675. The molecule has 0 aliphatic heterocycles. The number of benzene rings is 1. The number of amides is 1. The lowest BCUT2D eigenvalue weighted by molar-refractivity contribution is 0.0783. The predicted octanol–water partition coefficient (Wildman–Crippen LogP) is 4.30. The molecule has 2 aromatic heterocycles. The first kappa shape index (κ1) is 18.2. The van der Waals surface area contributed by atoms with E-state index in [0.29, 0.717) is 18.0 Å². The van der Waals surface area contributed by atoms with Crippen molar-refractivity contribution in [3.8, 4) is 11.3 Å². The van der Waals surface area contributed by atoms with Gasteiger partial charge in [-0.15, -0.1) is 11.3 Å². The Bertz CT molecular complexity index is 885. The van der Waals surface area contributed by atoms with Crippen molar-refractivity contribution in [1.29, 1.82) is 0 Å². The first-order chi connectivity index (χ1) is 12.4. The van der Waals surface area contributed by atoms with Crippen molar-refractivity contribution in [1.82, 2.24) is 20.1 Å². The molecule has 6 heteroatoms. The Kier molecular flexibility index (Phi) is 5.42. The monoisotopic (exact) mass is 366 g/mol. The van der Waals surface area contributed by atoms with Crippen molar-refractivity contribution in [2.45, 2.75) is 33.2 Å². The highest BCUT2D eigenvalue weighted by molar-refractivity contribution is 7.09. The molecular weight excluding hydrogens is 344 g/mol. The van der Waals surface area contributed by atoms with Crippen molar-refractivity contribution in [2.75, 3.05) is 7.05 Å². The maximum absolute atomic E-state index is 12.7. The SMILES string of the molecule is Cc1ccc(-c2ccc(C(=O)N(C)Cc3csc(C(C)C)n3)cc2)nn1. The Hall–Kier alpha value is -2.60. The Morgan fingerprint density at radius 3 is 2.42 bits per heavy atom. The Balaban J connectivity index is 1.69. The van der Waals surface area contributed by atoms with Crippen LogP contribution >= 0.6 is 11.3 Å². The number of hydrogen-bond donors (Lipinski definition) is 0. The van der Waals surface area contributed by atoms with E-state index < -0.39 is 0 Å². The number of carbonyl (C=O) groups excluding carboxylic acids is 1. The standard InChI is InChI=1S/C20H22N4OS/c1-13(2)19-21-17(12-26-19)11-24(4)20(25)16-8-6-15(7-9-16)18-10-5-14(3)22-23-18/h5-10,12-13H,11H2,1-4H3. The van der Waals surface area contributed by atoms with Crippen LogP contribution in [-0.4, -0.2) is 33.0 Å². The van der Waals surface area contributed by atoms with Gasteiger partial charge in [0, 0.05) is 29.5 Å². The second-order valence-electron chi connectivity index (χ2n) is 6.63. The second kappa shape index (κ2) is 7.74. The third kappa shape index (κ3) is 4.14. The van der Waals surface area contributed by atoms with Gasteiger partial charge in [0.25, 0.3) is 5.91 Å². The van der Waals surface area contributed by atoms with Gasteiger partial charge in [-0.05, 0) is 31.2 Å². The molecule has 0 bridgehead atoms. The van der Waals surface area contributed by atoms with E-state index in [1.165, 1.54) is 0 Å². The number of rotatable bonds is 5. The largest absolute Gasteiger partial charge is 0.336 e. The van der Waals surface area contributed by atoms with Gasteiger partial charge in [-0.2, -0.15) is 10.2 Å². The summed E-state index contributed by atoms with van der Waals surface area (Å²) in [5.41, 5.74) is 4.20. The topological polar surface area (TPSA) is 59.0 Å². The van der Waals surface area contributed by atoms with E-state index in [1.54, 1.807) is 23.3 Å². The van der Waals surface area contributed by atoms with Gasteiger partial charge in [-0.3, -0.25) is 4.79 Å². The van der Waals surface area contributed by atoms with Gasteiger partial charge in [-0.1, -0.05) is 26.0 Å². The van der Waals surface area contributed by atoms with Gasteiger partial charge in [0.05, 0.1) is 28.6 Å². The van der Waals surface area contributed by atoms with Crippen molar-refractivity contribution >= 4 is 17.2 Å². The fourth-order valence-electron chi connectivity index (χ4n) is 2.53. The predicted molar refractivity (Wildman–Crippen MR) is 104 cm³/mol. The molecular formula is C20H22N4OS. The molecule has 0 aliphatic rings. The summed E-state index contributed by atoms with van der Waals surface area (Å²) in [5.74, 6) is 0.387. The fraction of sp³-hybridized carbons (Fsp3) is 0.300. The van der Waals surface area contributed by atoms with Gasteiger partial charge in [0.15, 0.2) is 0 Å². The van der Waals surface area contributed by atoms with Crippen LogP contribution in [-0.2, 0) is 6.54 Å². The van der Waals surface area contributed by atoms with Crippen LogP contribution in [0.4, 0.5) is 0 Å². The van der Waals surface area contributed by atoms with Crippen LogP contribution in [0.3, 0.4) is 0 Å². The molecule has 0 N–H and O–H groups in total. The highest BCUT2D eigenvalue weighted by Gasteiger charge is 2.14. The minimum absolute atomic E-state index is 0.0226. The molecule has 0 aliphatic carbocycles. The Morgan fingerprint density at radius 2 is 1.85 bits per heavy atom. The van der Waals surface area contributed by atoms with Gasteiger partial charge in [0.2, 0.25) is 0 Å². The highest BCUT2D eigenvalue weighted by atomic mass is 32.1. The summed E-state index contributed by atoms with van der Waals surface area (Å²) in [6.45, 7) is 6.66. The molecule has 0 saturated heterocycles. The molecule has 0 unspecified atom stereocenters. The lowest BCUT2D eigenvalue weighted by Gasteiger charge is -2.16. The van der Waals surface area contributed by atoms with Crippen LogP contribution < -0.4 is 0 Å². The van der Waals surface area contributed by atoms with Gasteiger partial charge in [0.1, 0.15) is 0 Å². The zero-order chi connectivity index (χ0) is 18.7. The van der Waals surface area contributed by atoms with Crippen LogP contribution in [0.5, 0.6) is 0 Å². The summed E-state index contributed by atoms with van der Waals surface area (Å²) in [5, 5.41) is 11.4. The van der Waals surface area contributed by atoms with Crippen molar-refractivity contribution in [2.24, 2.45) is 0 Å². The van der Waals surface area contributed by atoms with Crippen LogP contribution in [0, 0.1) is 6.92 Å². The zero-order valence-corrected chi connectivity index (χ0v) is 16.2. The van der Waals surface area contributed by atoms with Gasteiger partial charge >= 0.3 is 0 Å². The average Bonchev–Trinajstić information content (AvgIpc) is 3.11. The molecule has 1 amide bonds. The number of carbonyl (C=O) groups is 1. The van der Waals surface area contributed by atoms with Crippen LogP contribution in [0.15, 0.2) is 41.8 Å². The van der Waals surface area contributed by atoms with Crippen LogP contribution in [0.1, 0.15) is 46.5 Å². The Labute approximate surface area is 157 Å². The third-order valence-electron chi connectivity index (χ3n) is 4.03. The minimum Gasteiger partial charge on any atom is -0.336 e. The first-order valence-corrected chi connectivity index (χ1v) is 9.42. The van der Waals surface area contributed by atoms with Crippen molar-refractivity contribution < 1.29 is 4.79 Å². The minimum atomic E-state index is -0.0226. The summed E-state index contributed by atoms with van der Waals surface area (Å²) < 4.78 is 0. The molecule has 0 spiro atoms. The molecule has 0 radical (unpaired) electrons. The van der Waals surface area contributed by atoms with Gasteiger partial charge < -0.3 is 4.90 Å². The average molecular weight is 366 g/mol. The smallest absolute Gasteiger partial charge is 0.253 e. The summed E-state index contributed by atoms with van der Waals surface area (Å²) in [6.07, 6.45) is 0. The Morgan fingerprint density at radius 1 is 1.12 bits per heavy atom. The zero-order valence-electron chi connectivity index (χ0n) is 15.4. The molecule has 0 saturated carbocycles. The first-order valence-electron chi connectivity index (χ1n) is 8.54. The number of aromatic nitrogens is 3. The van der Waals surface area contributed by atoms with Crippen LogP contribution in [0.25, 0.3) is 11.3 Å². The van der Waals surface area contributed by atoms with Crippen molar-refractivity contribution in [3.63, 3.8) is 0 Å². The van der Waals surface area contributed by atoms with E-state index in [-0.39, 0.29) is 5.91 Å². The van der Waals surface area contributed by atoms with E-state index >= 15 is 0 Å². The summed E-state index contributed by atoms with van der Waals surface area (Å²) in [4.78, 5) is 18.9. The summed E-state index contributed by atoms with van der Waals surface area (Å²) >= 11 is 1.65. The lowest BCUT2D eigenvalue weighted by atomic mass is 10.1. The third-order valence-corrected chi connectivity index (χ3v) is 5.23. The number of aryl methyl sites for hydroxylation is 1. The molecule has 1 aromatic carbocycles. The molecule has 5 nitrogen and oxygen atoms in total. The molecule has 2 heterocycles. The molecule has 26 heavy (non-hydrogen) atoms. The molecule has 134 valence electrons. The maximum Gasteiger partial charge on any atom is 0.253 e. The molecule has 0 atom stereocenters. The number of thiazole rings is 1. The van der Waals surface area contributed by atoms with E-state index in [4.69, 9.17) is 0 Å². The number of nitrogens with zero attached hydrogens (tertiary/aromatic N) is 4. The van der Waals surface area contributed by atoms with E-state index in [0.717, 1.165) is 27.7 Å². The highest BCUT2D eigenvalue weighted by Crippen LogP contribution is 2.21. The van der Waals surface area contributed by atoms with Gasteiger partial charge in [-0.25, -0.2) is 4.98 Å². The second-order valence-corrected chi connectivity index (χ2v) is 7.52. The maximum atomic E-state index is 12.7. The number of hydrogen-bond acceptors (Lipinski definition) is 5.